The summed E-state index contributed by atoms with van der Waals surface area (Å²) in [5, 5.41) is 19.5. The van der Waals surface area contributed by atoms with Gasteiger partial charge in [-0.2, -0.15) is 0 Å². The maximum Gasteiger partial charge on any atom is 0.342 e. The number of hydrogen-bond acceptors (Lipinski definition) is 5. The Balaban J connectivity index is 1.97. The van der Waals surface area contributed by atoms with Gasteiger partial charge in [-0.1, -0.05) is 0 Å². The second-order valence-corrected chi connectivity index (χ2v) is 5.45. The number of aryl methyl sites for hydroxylation is 1. The quantitative estimate of drug-likeness (QED) is 0.832. The molecule has 22 heavy (non-hydrogen) atoms. The van der Waals surface area contributed by atoms with Crippen LogP contribution in [0, 0.1) is 6.92 Å². The first-order valence-corrected chi connectivity index (χ1v) is 6.98. The zero-order valence-corrected chi connectivity index (χ0v) is 12.3. The molecule has 2 aromatic carbocycles. The Morgan fingerprint density at radius 1 is 1.23 bits per heavy atom. The van der Waals surface area contributed by atoms with E-state index in [0.29, 0.717) is 23.5 Å². The van der Waals surface area contributed by atoms with Crippen LogP contribution in [0.3, 0.4) is 0 Å². The van der Waals surface area contributed by atoms with Crippen molar-refractivity contribution in [2.45, 2.75) is 26.4 Å². The molecule has 0 radical (unpaired) electrons. The number of hydrogen-bond donors (Lipinski definition) is 2. The number of rotatable bonds is 2. The maximum absolute atomic E-state index is 11.8. The largest absolute Gasteiger partial charge is 0.508 e. The van der Waals surface area contributed by atoms with Crippen molar-refractivity contribution in [2.24, 2.45) is 0 Å². The van der Waals surface area contributed by atoms with E-state index in [0.717, 1.165) is 5.56 Å². The van der Waals surface area contributed by atoms with Crippen molar-refractivity contribution in [3.05, 3.63) is 47.0 Å². The van der Waals surface area contributed by atoms with Crippen LogP contribution in [-0.4, -0.2) is 22.3 Å². The molecule has 0 saturated heterocycles. The molecular weight excluding hydrogens is 284 g/mol. The van der Waals surface area contributed by atoms with Crippen molar-refractivity contribution < 1.29 is 24.5 Å². The molecular formula is C17H16O5. The van der Waals surface area contributed by atoms with Gasteiger partial charge in [0.1, 0.15) is 34.7 Å². The summed E-state index contributed by atoms with van der Waals surface area (Å²) in [4.78, 5) is 11.8. The smallest absolute Gasteiger partial charge is 0.342 e. The van der Waals surface area contributed by atoms with Gasteiger partial charge in [-0.3, -0.25) is 0 Å². The van der Waals surface area contributed by atoms with E-state index in [4.69, 9.17) is 9.47 Å². The zero-order chi connectivity index (χ0) is 15.9. The highest BCUT2D eigenvalue weighted by atomic mass is 16.5. The van der Waals surface area contributed by atoms with E-state index >= 15 is 0 Å². The van der Waals surface area contributed by atoms with Crippen LogP contribution in [0.15, 0.2) is 30.3 Å². The van der Waals surface area contributed by atoms with Crippen LogP contribution in [-0.2, 0) is 11.2 Å². The molecule has 0 bridgehead atoms. The van der Waals surface area contributed by atoms with Gasteiger partial charge in [0, 0.05) is 12.5 Å². The Bertz CT molecular complexity index is 751. The number of benzene rings is 2. The van der Waals surface area contributed by atoms with Crippen LogP contribution in [0.5, 0.6) is 23.0 Å². The fourth-order valence-corrected chi connectivity index (χ4v) is 2.58. The van der Waals surface area contributed by atoms with Crippen LogP contribution < -0.4 is 4.74 Å². The Hall–Kier alpha value is -2.69. The molecule has 1 aliphatic rings. The summed E-state index contributed by atoms with van der Waals surface area (Å²) in [6.45, 7) is 3.61. The highest BCUT2D eigenvalue weighted by molar-refractivity contribution is 5.95. The summed E-state index contributed by atoms with van der Waals surface area (Å²) in [5.41, 5.74) is 1.67. The Kier molecular flexibility index (Phi) is 3.41. The predicted molar refractivity (Wildman–Crippen MR) is 79.6 cm³/mol. The number of esters is 1. The van der Waals surface area contributed by atoms with Gasteiger partial charge in [-0.25, -0.2) is 4.79 Å². The Morgan fingerprint density at radius 2 is 2.00 bits per heavy atom. The molecule has 0 unspecified atom stereocenters. The third-order valence-electron chi connectivity index (χ3n) is 3.58. The lowest BCUT2D eigenvalue weighted by molar-refractivity contribution is 0.0297. The SMILES string of the molecule is Cc1cc(O)ccc1Oc1cc(O)c2c(c1)C[C@@H](C)OC2=O. The molecule has 1 heterocycles. The third-order valence-corrected chi connectivity index (χ3v) is 3.58. The van der Waals surface area contributed by atoms with Crippen molar-refractivity contribution in [1.29, 1.82) is 0 Å². The molecule has 5 nitrogen and oxygen atoms in total. The molecule has 2 N–H and O–H groups in total. The van der Waals surface area contributed by atoms with Crippen LogP contribution in [0.25, 0.3) is 0 Å². The first-order chi connectivity index (χ1) is 10.4. The van der Waals surface area contributed by atoms with Crippen LogP contribution in [0.4, 0.5) is 0 Å². The van der Waals surface area contributed by atoms with Crippen LogP contribution in [0.1, 0.15) is 28.4 Å². The lowest BCUT2D eigenvalue weighted by Gasteiger charge is -2.23. The average molecular weight is 300 g/mol. The number of carbonyl (C=O) groups is 1. The van der Waals surface area contributed by atoms with E-state index in [2.05, 4.69) is 0 Å². The predicted octanol–water partition coefficient (Wildman–Crippen LogP) is 3.30. The number of cyclic esters (lactones) is 1. The summed E-state index contributed by atoms with van der Waals surface area (Å²) >= 11 is 0. The molecule has 114 valence electrons. The van der Waals surface area contributed by atoms with E-state index in [-0.39, 0.29) is 23.2 Å². The molecule has 0 saturated carbocycles. The molecule has 5 heteroatoms. The molecule has 0 amide bonds. The Morgan fingerprint density at radius 3 is 2.73 bits per heavy atom. The van der Waals surface area contributed by atoms with Crippen LogP contribution in [0.2, 0.25) is 0 Å². The normalized spacial score (nSPS) is 16.8. The summed E-state index contributed by atoms with van der Waals surface area (Å²) in [6.07, 6.45) is 0.297. The first kappa shape index (κ1) is 14.3. The second kappa shape index (κ2) is 5.26. The zero-order valence-electron chi connectivity index (χ0n) is 12.3. The van der Waals surface area contributed by atoms with E-state index < -0.39 is 5.97 Å². The lowest BCUT2D eigenvalue weighted by atomic mass is 9.98. The highest BCUT2D eigenvalue weighted by Gasteiger charge is 2.27. The maximum atomic E-state index is 11.8. The monoisotopic (exact) mass is 300 g/mol. The summed E-state index contributed by atoms with van der Waals surface area (Å²) in [6, 6.07) is 7.89. The minimum atomic E-state index is -0.515. The van der Waals surface area contributed by atoms with E-state index in [1.807, 2.05) is 6.92 Å². The van der Waals surface area contributed by atoms with E-state index in [9.17, 15) is 15.0 Å². The first-order valence-electron chi connectivity index (χ1n) is 6.98. The van der Waals surface area contributed by atoms with Gasteiger partial charge >= 0.3 is 5.97 Å². The number of phenolic OH excluding ortho intramolecular Hbond substituents is 2. The van der Waals surface area contributed by atoms with Crippen LogP contribution >= 0.6 is 0 Å². The number of fused-ring (bicyclic) bond motifs is 1. The van der Waals surface area contributed by atoms with Gasteiger partial charge in [-0.15, -0.1) is 0 Å². The van der Waals surface area contributed by atoms with E-state index in [1.54, 1.807) is 25.1 Å². The third kappa shape index (κ3) is 2.57. The van der Waals surface area contributed by atoms with Gasteiger partial charge < -0.3 is 19.7 Å². The van der Waals surface area contributed by atoms with Gasteiger partial charge in [0.15, 0.2) is 0 Å². The molecule has 0 aromatic heterocycles. The molecule has 0 aliphatic carbocycles. The van der Waals surface area contributed by atoms with Crippen molar-refractivity contribution >= 4 is 5.97 Å². The van der Waals surface area contributed by atoms with Gasteiger partial charge in [0.2, 0.25) is 0 Å². The highest BCUT2D eigenvalue weighted by Crippen LogP contribution is 2.35. The molecule has 0 spiro atoms. The molecule has 0 fully saturated rings. The number of carbonyl (C=O) groups excluding carboxylic acids is 1. The minimum absolute atomic E-state index is 0.152. The summed E-state index contributed by atoms with van der Waals surface area (Å²) in [7, 11) is 0. The topological polar surface area (TPSA) is 76.0 Å². The van der Waals surface area contributed by atoms with Crippen molar-refractivity contribution in [3.63, 3.8) is 0 Å². The fraction of sp³-hybridized carbons (Fsp3) is 0.235. The fourth-order valence-electron chi connectivity index (χ4n) is 2.58. The van der Waals surface area contributed by atoms with Gasteiger partial charge in [-0.05, 0) is 49.2 Å². The van der Waals surface area contributed by atoms with Gasteiger partial charge in [0.05, 0.1) is 0 Å². The van der Waals surface area contributed by atoms with Crippen molar-refractivity contribution in [1.82, 2.24) is 0 Å². The van der Waals surface area contributed by atoms with Gasteiger partial charge in [0.25, 0.3) is 0 Å². The standard InChI is InChI=1S/C17H16O5/c1-9-5-12(18)3-4-15(9)22-13-7-11-6-10(2)21-17(20)16(11)14(19)8-13/h3-5,7-8,10,18-19H,6H2,1-2H3/t10-/m1/s1. The number of aromatic hydroxyl groups is 2. The summed E-state index contributed by atoms with van der Waals surface area (Å²) < 4.78 is 10.9. The number of ether oxygens (including phenoxy) is 2. The Labute approximate surface area is 127 Å². The summed E-state index contributed by atoms with van der Waals surface area (Å²) in [5.74, 6) is 0.504. The van der Waals surface area contributed by atoms with Crippen molar-refractivity contribution in [3.8, 4) is 23.0 Å². The molecule has 2 aromatic rings. The lowest BCUT2D eigenvalue weighted by Crippen LogP contribution is -2.25. The molecule has 1 atom stereocenters. The second-order valence-electron chi connectivity index (χ2n) is 5.45. The molecule has 3 rings (SSSR count). The average Bonchev–Trinajstić information content (AvgIpc) is 2.40. The molecule has 1 aliphatic heterocycles. The number of phenols is 2. The minimum Gasteiger partial charge on any atom is -0.508 e. The van der Waals surface area contributed by atoms with Crippen molar-refractivity contribution in [2.75, 3.05) is 0 Å². The van der Waals surface area contributed by atoms with E-state index in [1.165, 1.54) is 12.1 Å².